The molecule has 0 fully saturated rings. The van der Waals surface area contributed by atoms with Crippen molar-refractivity contribution in [3.8, 4) is 23.7 Å². The van der Waals surface area contributed by atoms with E-state index in [-0.39, 0.29) is 0 Å². The van der Waals surface area contributed by atoms with Gasteiger partial charge in [-0.15, -0.1) is 0 Å². The SMILES string of the molecule is FC(F)(F)c1ccc(C#Cc2ccc3cc4cc(/C=C/c5ccc6cc7cc(C#Cc8ccc(C(F)(F)F)cc8)ccc7cc6c5)ccc4cc3c2)cc1. The van der Waals surface area contributed by atoms with Gasteiger partial charge in [-0.1, -0.05) is 72.2 Å². The minimum Gasteiger partial charge on any atom is -0.166 e. The first kappa shape index (κ1) is 34.3. The Kier molecular flexibility index (Phi) is 8.68. The zero-order valence-electron chi connectivity index (χ0n) is 28.3. The van der Waals surface area contributed by atoms with Gasteiger partial charge in [-0.2, -0.15) is 26.3 Å². The first-order valence-corrected chi connectivity index (χ1v) is 16.9. The summed E-state index contributed by atoms with van der Waals surface area (Å²) in [6.45, 7) is 0. The van der Waals surface area contributed by atoms with Crippen LogP contribution in [0.1, 0.15) is 44.5 Å². The van der Waals surface area contributed by atoms with Crippen LogP contribution in [-0.4, -0.2) is 0 Å². The van der Waals surface area contributed by atoms with E-state index in [4.69, 9.17) is 0 Å². The molecule has 6 heteroatoms. The molecule has 8 aromatic carbocycles. The molecule has 8 aromatic rings. The number of rotatable bonds is 2. The second kappa shape index (κ2) is 13.7. The molecule has 8 rings (SSSR count). The highest BCUT2D eigenvalue weighted by Gasteiger charge is 2.30. The van der Waals surface area contributed by atoms with Crippen LogP contribution in [0.2, 0.25) is 0 Å². The Labute approximate surface area is 307 Å². The van der Waals surface area contributed by atoms with Crippen LogP contribution in [-0.2, 0) is 12.4 Å². The molecule has 0 nitrogen and oxygen atoms in total. The largest absolute Gasteiger partial charge is 0.416 e. The van der Waals surface area contributed by atoms with E-state index in [1.807, 2.05) is 36.4 Å². The molecule has 0 aliphatic rings. The van der Waals surface area contributed by atoms with E-state index >= 15 is 0 Å². The molecule has 0 bridgehead atoms. The number of hydrogen-bond donors (Lipinski definition) is 0. The lowest BCUT2D eigenvalue weighted by Gasteiger charge is -2.06. The Morgan fingerprint density at radius 1 is 0.296 bits per heavy atom. The smallest absolute Gasteiger partial charge is 0.166 e. The van der Waals surface area contributed by atoms with Crippen molar-refractivity contribution in [2.24, 2.45) is 0 Å². The molecule has 0 aliphatic heterocycles. The third-order valence-electron chi connectivity index (χ3n) is 9.23. The van der Waals surface area contributed by atoms with Crippen molar-refractivity contribution in [3.05, 3.63) is 190 Å². The fourth-order valence-corrected chi connectivity index (χ4v) is 6.36. The maximum Gasteiger partial charge on any atom is 0.416 e. The summed E-state index contributed by atoms with van der Waals surface area (Å²) < 4.78 is 77.2. The van der Waals surface area contributed by atoms with E-state index in [1.165, 1.54) is 24.3 Å². The van der Waals surface area contributed by atoms with Gasteiger partial charge in [0.05, 0.1) is 11.1 Å². The van der Waals surface area contributed by atoms with Crippen LogP contribution < -0.4 is 0 Å². The highest BCUT2D eigenvalue weighted by Crippen LogP contribution is 2.31. The van der Waals surface area contributed by atoms with Crippen molar-refractivity contribution in [1.82, 2.24) is 0 Å². The predicted molar refractivity (Wildman–Crippen MR) is 207 cm³/mol. The summed E-state index contributed by atoms with van der Waals surface area (Å²) in [5.74, 6) is 12.0. The standard InChI is InChI=1S/C48H26F6/c49-47(50,51)45-19-11-31(12-20-45)1-3-33-7-15-37-29-43-25-35(9-17-39(43)27-41(37)23-33)5-6-36-10-18-40-28-42-24-34(8-16-38(42)30-44(40)26-36)4-2-32-13-21-46(22-14-32)48(52,53)54/h5-30H/b6-5+. The van der Waals surface area contributed by atoms with E-state index in [0.717, 1.165) is 89.6 Å². The van der Waals surface area contributed by atoms with Crippen molar-refractivity contribution < 1.29 is 26.3 Å². The van der Waals surface area contributed by atoms with Gasteiger partial charge >= 0.3 is 12.4 Å². The van der Waals surface area contributed by atoms with E-state index in [2.05, 4.69) is 96.5 Å². The zero-order chi connectivity index (χ0) is 37.5. The normalized spacial score (nSPS) is 11.9. The van der Waals surface area contributed by atoms with Crippen molar-refractivity contribution >= 4 is 55.2 Å². The van der Waals surface area contributed by atoms with Gasteiger partial charge in [0.1, 0.15) is 0 Å². The lowest BCUT2D eigenvalue weighted by molar-refractivity contribution is -0.138. The summed E-state index contributed by atoms with van der Waals surface area (Å²) in [5.41, 5.74) is 3.31. The predicted octanol–water partition coefficient (Wildman–Crippen LogP) is 13.3. The Morgan fingerprint density at radius 3 is 0.944 bits per heavy atom. The minimum absolute atomic E-state index is 0.514. The molecule has 0 spiro atoms. The lowest BCUT2D eigenvalue weighted by Crippen LogP contribution is -2.04. The fourth-order valence-electron chi connectivity index (χ4n) is 6.36. The Balaban J connectivity index is 0.982. The second-order valence-corrected chi connectivity index (χ2v) is 13.0. The molecule has 0 N–H and O–H groups in total. The first-order valence-electron chi connectivity index (χ1n) is 16.9. The molecule has 0 unspecified atom stereocenters. The summed E-state index contributed by atoms with van der Waals surface area (Å²) >= 11 is 0. The Bertz CT molecular complexity index is 2690. The van der Waals surface area contributed by atoms with Crippen LogP contribution in [0.4, 0.5) is 26.3 Å². The van der Waals surface area contributed by atoms with Crippen LogP contribution >= 0.6 is 0 Å². The topological polar surface area (TPSA) is 0 Å². The number of halogens is 6. The highest BCUT2D eigenvalue weighted by atomic mass is 19.4. The van der Waals surface area contributed by atoms with Crippen molar-refractivity contribution in [3.63, 3.8) is 0 Å². The average molecular weight is 717 g/mol. The second-order valence-electron chi connectivity index (χ2n) is 13.0. The molecule has 0 radical (unpaired) electrons. The van der Waals surface area contributed by atoms with Gasteiger partial charge in [0, 0.05) is 22.3 Å². The lowest BCUT2D eigenvalue weighted by atomic mass is 9.99. The van der Waals surface area contributed by atoms with Gasteiger partial charge in [-0.25, -0.2) is 0 Å². The maximum atomic E-state index is 12.9. The summed E-state index contributed by atoms with van der Waals surface area (Å²) in [4.78, 5) is 0. The summed E-state index contributed by atoms with van der Waals surface area (Å²) in [6.07, 6.45) is -4.57. The summed E-state index contributed by atoms with van der Waals surface area (Å²) in [7, 11) is 0. The number of alkyl halides is 6. The van der Waals surface area contributed by atoms with Gasteiger partial charge in [0.2, 0.25) is 0 Å². The minimum atomic E-state index is -4.38. The highest BCUT2D eigenvalue weighted by molar-refractivity contribution is 6.01. The average Bonchev–Trinajstić information content (AvgIpc) is 3.16. The van der Waals surface area contributed by atoms with Crippen LogP contribution in [0.25, 0.3) is 55.2 Å². The third-order valence-corrected chi connectivity index (χ3v) is 9.23. The molecule has 260 valence electrons. The monoisotopic (exact) mass is 716 g/mol. The summed E-state index contributed by atoms with van der Waals surface area (Å²) in [6, 6.07) is 42.6. The van der Waals surface area contributed by atoms with Crippen LogP contribution in [0, 0.1) is 23.7 Å². The van der Waals surface area contributed by atoms with Gasteiger partial charge < -0.3 is 0 Å². The molecule has 0 amide bonds. The van der Waals surface area contributed by atoms with Gasteiger partial charge in [-0.3, -0.25) is 0 Å². The zero-order valence-corrected chi connectivity index (χ0v) is 28.3. The Morgan fingerprint density at radius 2 is 0.593 bits per heavy atom. The quantitative estimate of drug-likeness (QED) is 0.0723. The van der Waals surface area contributed by atoms with Crippen LogP contribution in [0.3, 0.4) is 0 Å². The number of fused-ring (bicyclic) bond motifs is 4. The van der Waals surface area contributed by atoms with Crippen LogP contribution in [0.5, 0.6) is 0 Å². The first-order chi connectivity index (χ1) is 25.9. The number of hydrogen-bond acceptors (Lipinski definition) is 0. The maximum absolute atomic E-state index is 12.9. The van der Waals surface area contributed by atoms with Gasteiger partial charge in [-0.05, 0) is 163 Å². The van der Waals surface area contributed by atoms with E-state index < -0.39 is 23.5 Å². The molecule has 0 heterocycles. The Hall–Kier alpha value is -6.76. The molecular weight excluding hydrogens is 691 g/mol. The van der Waals surface area contributed by atoms with Crippen molar-refractivity contribution in [1.29, 1.82) is 0 Å². The van der Waals surface area contributed by atoms with Crippen molar-refractivity contribution in [2.45, 2.75) is 12.4 Å². The molecule has 0 saturated heterocycles. The molecule has 54 heavy (non-hydrogen) atoms. The van der Waals surface area contributed by atoms with Gasteiger partial charge in [0.15, 0.2) is 0 Å². The van der Waals surface area contributed by atoms with E-state index in [9.17, 15) is 26.3 Å². The summed E-state index contributed by atoms with van der Waals surface area (Å²) in [5, 5.41) is 8.53. The molecule has 0 atom stereocenters. The van der Waals surface area contributed by atoms with E-state index in [1.54, 1.807) is 0 Å². The fraction of sp³-hybridized carbons (Fsp3) is 0.0417. The molecular formula is C48H26F6. The molecule has 0 aromatic heterocycles. The van der Waals surface area contributed by atoms with Crippen molar-refractivity contribution in [2.75, 3.05) is 0 Å². The van der Waals surface area contributed by atoms with Crippen LogP contribution in [0.15, 0.2) is 146 Å². The van der Waals surface area contributed by atoms with Gasteiger partial charge in [0.25, 0.3) is 0 Å². The van der Waals surface area contributed by atoms with E-state index in [0.29, 0.717) is 11.1 Å². The third kappa shape index (κ3) is 7.56. The number of benzene rings is 8. The molecule has 0 aliphatic carbocycles. The molecule has 0 saturated carbocycles.